The minimum absolute atomic E-state index is 0.0764. The minimum atomic E-state index is -0.882. The van der Waals surface area contributed by atoms with Gasteiger partial charge in [0.15, 0.2) is 0 Å². The average molecular weight is 261 g/mol. The van der Waals surface area contributed by atoms with Gasteiger partial charge in [-0.2, -0.15) is 0 Å². The molecular weight excluding hydrogens is 246 g/mol. The van der Waals surface area contributed by atoms with Crippen LogP contribution in [0.3, 0.4) is 0 Å². The molecule has 0 radical (unpaired) electrons. The molecule has 1 aromatic rings. The number of nitrogens with one attached hydrogen (secondary N) is 1. The van der Waals surface area contributed by atoms with Crippen molar-refractivity contribution in [1.29, 1.82) is 0 Å². The first-order valence-corrected chi connectivity index (χ1v) is 6.41. The van der Waals surface area contributed by atoms with Gasteiger partial charge in [-0.1, -0.05) is 18.2 Å². The highest BCUT2D eigenvalue weighted by atomic mass is 16.5. The summed E-state index contributed by atoms with van der Waals surface area (Å²) < 4.78 is 5.53. The van der Waals surface area contributed by atoms with Crippen molar-refractivity contribution >= 4 is 11.9 Å². The van der Waals surface area contributed by atoms with Gasteiger partial charge >= 0.3 is 5.97 Å². The van der Waals surface area contributed by atoms with Crippen molar-refractivity contribution in [2.45, 2.75) is 18.9 Å². The fourth-order valence-electron chi connectivity index (χ4n) is 2.53. The molecule has 0 saturated heterocycles. The van der Waals surface area contributed by atoms with Crippen LogP contribution in [0.15, 0.2) is 24.3 Å². The second-order valence-electron chi connectivity index (χ2n) is 5.02. The number of para-hydroxylation sites is 1. The zero-order valence-electron chi connectivity index (χ0n) is 10.3. The summed E-state index contributed by atoms with van der Waals surface area (Å²) in [7, 11) is 0. The van der Waals surface area contributed by atoms with E-state index in [2.05, 4.69) is 5.32 Å². The molecule has 19 heavy (non-hydrogen) atoms. The summed E-state index contributed by atoms with van der Waals surface area (Å²) in [6.07, 6.45) is 1.17. The Morgan fingerprint density at radius 3 is 2.79 bits per heavy atom. The Balaban J connectivity index is 1.68. The highest BCUT2D eigenvalue weighted by molar-refractivity contribution is 5.89. The maximum atomic E-state index is 12.0. The lowest BCUT2D eigenvalue weighted by molar-refractivity contribution is -0.140. The normalized spacial score (nSPS) is 27.9. The van der Waals surface area contributed by atoms with Crippen molar-refractivity contribution in [3.63, 3.8) is 0 Å². The molecule has 2 N–H and O–H groups in total. The zero-order chi connectivity index (χ0) is 13.4. The van der Waals surface area contributed by atoms with Gasteiger partial charge in [0, 0.05) is 12.0 Å². The third-order valence-corrected chi connectivity index (χ3v) is 3.72. The van der Waals surface area contributed by atoms with Gasteiger partial charge in [0.2, 0.25) is 5.91 Å². The van der Waals surface area contributed by atoms with E-state index < -0.39 is 11.9 Å². The molecule has 0 aromatic heterocycles. The molecule has 100 valence electrons. The van der Waals surface area contributed by atoms with E-state index in [4.69, 9.17) is 9.84 Å². The summed E-state index contributed by atoms with van der Waals surface area (Å²) in [5, 5.41) is 11.8. The molecule has 1 aliphatic heterocycles. The Bertz CT molecular complexity index is 528. The fourth-order valence-corrected chi connectivity index (χ4v) is 2.53. The summed E-state index contributed by atoms with van der Waals surface area (Å²) in [5.41, 5.74) is 0.967. The van der Waals surface area contributed by atoms with Crippen LogP contribution in [-0.2, 0) is 9.59 Å². The zero-order valence-corrected chi connectivity index (χ0v) is 10.3. The second kappa shape index (κ2) is 4.57. The number of carboxylic acid groups (broad SMARTS) is 1. The summed E-state index contributed by atoms with van der Waals surface area (Å²) in [4.78, 5) is 22.7. The Hall–Kier alpha value is -2.04. The van der Waals surface area contributed by atoms with E-state index >= 15 is 0 Å². The molecule has 0 spiro atoms. The fraction of sp³-hybridized carbons (Fsp3) is 0.429. The number of hydrogen-bond donors (Lipinski definition) is 2. The molecule has 1 heterocycles. The van der Waals surface area contributed by atoms with Crippen molar-refractivity contribution in [2.75, 3.05) is 6.61 Å². The molecule has 5 nitrogen and oxygen atoms in total. The van der Waals surface area contributed by atoms with Crippen LogP contribution in [0.1, 0.15) is 24.4 Å². The lowest BCUT2D eigenvalue weighted by Crippen LogP contribution is -2.33. The molecule has 2 aliphatic rings. The van der Waals surface area contributed by atoms with Gasteiger partial charge in [0.05, 0.1) is 24.5 Å². The Labute approximate surface area is 110 Å². The molecule has 1 amide bonds. The standard InChI is InChI=1S/C14H15NO4/c16-13(9-7-10(9)14(17)18)15-11-5-6-19-12-4-2-1-3-8(11)12/h1-4,9-11H,5-7H2,(H,15,16)(H,17,18)/t9-,10-,11+/m1/s1. The Morgan fingerprint density at radius 2 is 2.05 bits per heavy atom. The Kier molecular flexibility index (Phi) is 2.89. The number of hydrogen-bond acceptors (Lipinski definition) is 3. The quantitative estimate of drug-likeness (QED) is 0.861. The first-order chi connectivity index (χ1) is 9.16. The predicted molar refractivity (Wildman–Crippen MR) is 66.7 cm³/mol. The number of rotatable bonds is 3. The second-order valence-corrected chi connectivity index (χ2v) is 5.02. The smallest absolute Gasteiger partial charge is 0.307 e. The first-order valence-electron chi connectivity index (χ1n) is 6.41. The van der Waals surface area contributed by atoms with Crippen LogP contribution < -0.4 is 10.1 Å². The number of carbonyl (C=O) groups excluding carboxylic acids is 1. The lowest BCUT2D eigenvalue weighted by Gasteiger charge is -2.26. The van der Waals surface area contributed by atoms with Crippen LogP contribution in [0.5, 0.6) is 5.75 Å². The minimum Gasteiger partial charge on any atom is -0.493 e. The van der Waals surface area contributed by atoms with Crippen molar-refractivity contribution in [2.24, 2.45) is 11.8 Å². The average Bonchev–Trinajstić information content (AvgIpc) is 3.19. The van der Waals surface area contributed by atoms with E-state index in [9.17, 15) is 9.59 Å². The van der Waals surface area contributed by atoms with Crippen molar-refractivity contribution in [1.82, 2.24) is 5.32 Å². The van der Waals surface area contributed by atoms with Gasteiger partial charge in [-0.05, 0) is 12.5 Å². The van der Waals surface area contributed by atoms with Crippen LogP contribution >= 0.6 is 0 Å². The molecular formula is C14H15NO4. The maximum Gasteiger partial charge on any atom is 0.307 e. The summed E-state index contributed by atoms with van der Waals surface area (Å²) in [6, 6.07) is 7.53. The molecule has 0 unspecified atom stereocenters. The predicted octanol–water partition coefficient (Wildman–Crippen LogP) is 1.35. The summed E-state index contributed by atoms with van der Waals surface area (Å²) in [6.45, 7) is 0.564. The van der Waals surface area contributed by atoms with Crippen molar-refractivity contribution < 1.29 is 19.4 Å². The van der Waals surface area contributed by atoms with E-state index in [1.54, 1.807) is 0 Å². The van der Waals surface area contributed by atoms with E-state index in [1.165, 1.54) is 0 Å². The maximum absolute atomic E-state index is 12.0. The summed E-state index contributed by atoms with van der Waals surface area (Å²) in [5.74, 6) is -1.12. The number of ether oxygens (including phenoxy) is 1. The van der Waals surface area contributed by atoms with Gasteiger partial charge in [0.1, 0.15) is 5.75 Å². The molecule has 1 aliphatic carbocycles. The van der Waals surface area contributed by atoms with Crippen LogP contribution in [0.25, 0.3) is 0 Å². The van der Waals surface area contributed by atoms with Crippen LogP contribution in [0.4, 0.5) is 0 Å². The van der Waals surface area contributed by atoms with Crippen molar-refractivity contribution in [3.05, 3.63) is 29.8 Å². The van der Waals surface area contributed by atoms with Crippen molar-refractivity contribution in [3.8, 4) is 5.75 Å². The van der Waals surface area contributed by atoms with Gasteiger partial charge in [-0.3, -0.25) is 9.59 Å². The van der Waals surface area contributed by atoms with E-state index in [1.807, 2.05) is 24.3 Å². The first kappa shape index (κ1) is 12.0. The monoisotopic (exact) mass is 261 g/mol. The molecule has 1 fully saturated rings. The molecule has 5 heteroatoms. The largest absolute Gasteiger partial charge is 0.493 e. The molecule has 1 saturated carbocycles. The third kappa shape index (κ3) is 2.28. The number of fused-ring (bicyclic) bond motifs is 1. The van der Waals surface area contributed by atoms with E-state index in [-0.39, 0.29) is 17.9 Å². The van der Waals surface area contributed by atoms with E-state index in [0.29, 0.717) is 19.4 Å². The van der Waals surface area contributed by atoms with Crippen LogP contribution in [0, 0.1) is 11.8 Å². The molecule has 3 atom stereocenters. The van der Waals surface area contributed by atoms with Gasteiger partial charge in [-0.15, -0.1) is 0 Å². The number of amides is 1. The number of aliphatic carboxylic acids is 1. The highest BCUT2D eigenvalue weighted by Crippen LogP contribution is 2.40. The lowest BCUT2D eigenvalue weighted by atomic mass is 10.0. The number of carboxylic acids is 1. The molecule has 0 bridgehead atoms. The topological polar surface area (TPSA) is 75.6 Å². The number of benzene rings is 1. The molecule has 3 rings (SSSR count). The van der Waals surface area contributed by atoms with E-state index in [0.717, 1.165) is 11.3 Å². The van der Waals surface area contributed by atoms with Gasteiger partial charge in [0.25, 0.3) is 0 Å². The Morgan fingerprint density at radius 1 is 1.26 bits per heavy atom. The highest BCUT2D eigenvalue weighted by Gasteiger charge is 2.48. The van der Waals surface area contributed by atoms with Crippen LogP contribution in [-0.4, -0.2) is 23.6 Å². The van der Waals surface area contributed by atoms with Gasteiger partial charge in [-0.25, -0.2) is 0 Å². The van der Waals surface area contributed by atoms with Crippen LogP contribution in [0.2, 0.25) is 0 Å². The summed E-state index contributed by atoms with van der Waals surface area (Å²) >= 11 is 0. The molecule has 1 aromatic carbocycles. The SMILES string of the molecule is O=C(O)[C@@H]1C[C@H]1C(=O)N[C@H]1CCOc2ccccc21. The number of carbonyl (C=O) groups is 2. The third-order valence-electron chi connectivity index (χ3n) is 3.72. The van der Waals surface area contributed by atoms with Gasteiger partial charge < -0.3 is 15.2 Å².